The van der Waals surface area contributed by atoms with Crippen molar-refractivity contribution < 1.29 is 14.1 Å². The van der Waals surface area contributed by atoms with Gasteiger partial charge in [0, 0.05) is 54.5 Å². The lowest BCUT2D eigenvalue weighted by molar-refractivity contribution is 0.121. The van der Waals surface area contributed by atoms with Crippen molar-refractivity contribution in [2.75, 3.05) is 25.3 Å². The maximum atomic E-state index is 12.3. The molecule has 0 amide bonds. The first-order chi connectivity index (χ1) is 15.3. The Hall–Kier alpha value is -2.56. The van der Waals surface area contributed by atoms with E-state index in [1.165, 1.54) is 12.5 Å². The van der Waals surface area contributed by atoms with Crippen LogP contribution in [0.4, 0.5) is 5.95 Å². The minimum absolute atomic E-state index is 0.0522. The number of aliphatic hydroxyl groups excluding tert-OH is 1. The lowest BCUT2D eigenvalue weighted by Gasteiger charge is -2.25. The lowest BCUT2D eigenvalue weighted by atomic mass is 9.85. The highest BCUT2D eigenvalue weighted by Crippen LogP contribution is 2.37. The molecule has 10 heteroatoms. The van der Waals surface area contributed by atoms with Crippen LogP contribution in [-0.2, 0) is 14.5 Å². The fraction of sp³-hybridized carbons (Fsp3) is 0.500. The summed E-state index contributed by atoms with van der Waals surface area (Å²) in [7, 11) is -1.23. The number of aromatic nitrogens is 4. The summed E-state index contributed by atoms with van der Waals surface area (Å²) in [4.78, 5) is 9.13. The number of anilines is 1. The van der Waals surface area contributed by atoms with Crippen LogP contribution in [0.15, 0.2) is 35.6 Å². The summed E-state index contributed by atoms with van der Waals surface area (Å²) in [5, 5.41) is 18.0. The molecule has 0 bridgehead atoms. The Bertz CT molecular complexity index is 1200. The quantitative estimate of drug-likeness (QED) is 0.496. The number of fused-ring (bicyclic) bond motifs is 1. The fourth-order valence-corrected chi connectivity index (χ4v) is 4.88. The van der Waals surface area contributed by atoms with E-state index in [1.807, 2.05) is 11.4 Å². The Morgan fingerprint density at radius 1 is 1.28 bits per heavy atom. The summed E-state index contributed by atoms with van der Waals surface area (Å²) in [5.41, 5.74) is 3.55. The minimum atomic E-state index is -2.88. The molecule has 0 radical (unpaired) electrons. The lowest BCUT2D eigenvalue weighted by Crippen LogP contribution is -2.23. The molecule has 3 aromatic rings. The number of methoxy groups -OCH3 is 1. The van der Waals surface area contributed by atoms with Gasteiger partial charge < -0.3 is 15.2 Å². The number of aliphatic hydroxyl groups is 1. The fourth-order valence-electron chi connectivity index (χ4n) is 4.27. The zero-order chi connectivity index (χ0) is 22.9. The molecule has 2 atom stereocenters. The third-order valence-electron chi connectivity index (χ3n) is 5.93. The topological polar surface area (TPSA) is 125 Å². The van der Waals surface area contributed by atoms with Gasteiger partial charge in [-0.2, -0.15) is 0 Å². The van der Waals surface area contributed by atoms with Gasteiger partial charge in [0.2, 0.25) is 5.95 Å². The molecule has 1 saturated carbocycles. The second-order valence-electron chi connectivity index (χ2n) is 8.62. The summed E-state index contributed by atoms with van der Waals surface area (Å²) in [6, 6.07) is 3.91. The van der Waals surface area contributed by atoms with Gasteiger partial charge in [0.25, 0.3) is 0 Å². The van der Waals surface area contributed by atoms with Crippen molar-refractivity contribution in [3.8, 4) is 11.1 Å². The van der Waals surface area contributed by atoms with E-state index in [9.17, 15) is 9.32 Å². The first-order valence-corrected chi connectivity index (χ1v) is 12.7. The van der Waals surface area contributed by atoms with Crippen molar-refractivity contribution in [3.63, 3.8) is 0 Å². The molecule has 1 fully saturated rings. The number of rotatable bonds is 7. The van der Waals surface area contributed by atoms with Crippen molar-refractivity contribution >= 4 is 21.2 Å². The third-order valence-corrected chi connectivity index (χ3v) is 7.05. The van der Waals surface area contributed by atoms with Crippen LogP contribution in [-0.4, -0.2) is 61.0 Å². The zero-order valence-electron chi connectivity index (χ0n) is 18.6. The van der Waals surface area contributed by atoms with Gasteiger partial charge >= 0.3 is 0 Å². The highest BCUT2D eigenvalue weighted by molar-refractivity contribution is 7.91. The number of nitrogens with one attached hydrogen (secondary N) is 2. The van der Waals surface area contributed by atoms with Gasteiger partial charge in [0.05, 0.1) is 39.0 Å². The first kappa shape index (κ1) is 22.6. The standard InChI is InChI=1S/C22H30N6O3S/c1-14(13-31-2)26-22-25-12-21-19(16-8-18(11-24-10-16)32(3,23)30)9-20(28(21)27-22)15-4-6-17(29)7-5-15/h8-12,14-15,17,23,29H,4-7,13H2,1-3H3,(H,26,27)/t14-,15?,17?,32?/m0/s1. The predicted molar refractivity (Wildman–Crippen MR) is 123 cm³/mol. The second kappa shape index (κ2) is 9.13. The molecule has 32 heavy (non-hydrogen) atoms. The van der Waals surface area contributed by atoms with Gasteiger partial charge in [0.1, 0.15) is 0 Å². The van der Waals surface area contributed by atoms with Crippen molar-refractivity contribution in [2.24, 2.45) is 0 Å². The molecule has 0 spiro atoms. The average molecular weight is 459 g/mol. The molecule has 1 unspecified atom stereocenters. The molecule has 3 N–H and O–H groups in total. The van der Waals surface area contributed by atoms with Gasteiger partial charge in [-0.25, -0.2) is 18.5 Å². The van der Waals surface area contributed by atoms with Crippen LogP contribution >= 0.6 is 0 Å². The maximum absolute atomic E-state index is 12.3. The molecule has 0 aromatic carbocycles. The van der Waals surface area contributed by atoms with Crippen LogP contribution in [0.25, 0.3) is 16.6 Å². The first-order valence-electron chi connectivity index (χ1n) is 10.8. The van der Waals surface area contributed by atoms with Crippen molar-refractivity contribution in [3.05, 3.63) is 36.4 Å². The van der Waals surface area contributed by atoms with Gasteiger partial charge in [-0.15, -0.1) is 5.10 Å². The summed E-state index contributed by atoms with van der Waals surface area (Å²) < 4.78 is 27.3. The molecule has 4 rings (SSSR count). The Morgan fingerprint density at radius 2 is 2.03 bits per heavy atom. The monoisotopic (exact) mass is 458 g/mol. The van der Waals surface area contributed by atoms with E-state index in [0.717, 1.165) is 48.0 Å². The summed E-state index contributed by atoms with van der Waals surface area (Å²) >= 11 is 0. The van der Waals surface area contributed by atoms with Crippen molar-refractivity contribution in [2.45, 2.75) is 55.6 Å². The van der Waals surface area contributed by atoms with Crippen LogP contribution in [0.1, 0.15) is 44.2 Å². The van der Waals surface area contributed by atoms with Crippen molar-refractivity contribution in [1.82, 2.24) is 19.6 Å². The number of hydrogen-bond donors (Lipinski definition) is 3. The van der Waals surface area contributed by atoms with E-state index in [0.29, 0.717) is 17.5 Å². The van der Waals surface area contributed by atoms with E-state index in [1.54, 1.807) is 25.6 Å². The summed E-state index contributed by atoms with van der Waals surface area (Å²) in [5.74, 6) is 0.775. The van der Waals surface area contributed by atoms with E-state index >= 15 is 0 Å². The van der Waals surface area contributed by atoms with Crippen LogP contribution in [0, 0.1) is 4.78 Å². The van der Waals surface area contributed by atoms with Gasteiger partial charge in [-0.1, -0.05) is 0 Å². The maximum Gasteiger partial charge on any atom is 0.241 e. The van der Waals surface area contributed by atoms with E-state index in [-0.39, 0.29) is 18.1 Å². The summed E-state index contributed by atoms with van der Waals surface area (Å²) in [6.07, 6.45) is 9.43. The number of ether oxygens (including phenoxy) is 1. The number of nitrogens with zero attached hydrogens (tertiary/aromatic N) is 4. The Balaban J connectivity index is 1.81. The minimum Gasteiger partial charge on any atom is -0.393 e. The predicted octanol–water partition coefficient (Wildman–Crippen LogP) is 3.29. The van der Waals surface area contributed by atoms with E-state index in [2.05, 4.69) is 21.4 Å². The third kappa shape index (κ3) is 4.77. The van der Waals surface area contributed by atoms with Gasteiger partial charge in [0.15, 0.2) is 0 Å². The SMILES string of the molecule is COC[C@H](C)Nc1ncc2c(-c3cncc(S(C)(=N)=O)c3)cc(C3CCC(O)CC3)n2n1. The Morgan fingerprint density at radius 3 is 2.72 bits per heavy atom. The molecule has 9 nitrogen and oxygen atoms in total. The van der Waals surface area contributed by atoms with Crippen LogP contribution < -0.4 is 5.32 Å². The normalized spacial score (nSPS) is 21.9. The molecule has 0 saturated heterocycles. The largest absolute Gasteiger partial charge is 0.393 e. The smallest absolute Gasteiger partial charge is 0.241 e. The zero-order valence-corrected chi connectivity index (χ0v) is 19.4. The molecule has 0 aliphatic heterocycles. The molecular weight excluding hydrogens is 428 g/mol. The highest BCUT2D eigenvalue weighted by Gasteiger charge is 2.26. The molecule has 1 aliphatic rings. The highest BCUT2D eigenvalue weighted by atomic mass is 32.2. The Kier molecular flexibility index (Phi) is 6.45. The van der Waals surface area contributed by atoms with Gasteiger partial charge in [-0.3, -0.25) is 4.98 Å². The summed E-state index contributed by atoms with van der Waals surface area (Å²) in [6.45, 7) is 2.54. The Labute approximate surface area is 188 Å². The van der Waals surface area contributed by atoms with Gasteiger partial charge in [-0.05, 0) is 44.7 Å². The number of pyridine rings is 1. The molecule has 3 heterocycles. The number of hydrogen-bond acceptors (Lipinski definition) is 8. The van der Waals surface area contributed by atoms with E-state index in [4.69, 9.17) is 14.6 Å². The van der Waals surface area contributed by atoms with Crippen LogP contribution in [0.2, 0.25) is 0 Å². The molecule has 1 aliphatic carbocycles. The molecular formula is C22H30N6O3S. The van der Waals surface area contributed by atoms with Crippen LogP contribution in [0.3, 0.4) is 0 Å². The molecule has 3 aromatic heterocycles. The van der Waals surface area contributed by atoms with Crippen LogP contribution in [0.5, 0.6) is 0 Å². The van der Waals surface area contributed by atoms with Crippen molar-refractivity contribution in [1.29, 1.82) is 4.78 Å². The molecule has 172 valence electrons. The van der Waals surface area contributed by atoms with E-state index < -0.39 is 9.73 Å². The second-order valence-corrected chi connectivity index (χ2v) is 10.8. The average Bonchev–Trinajstić information content (AvgIpc) is 3.13.